The SMILES string of the molecule is CC(C)C[C@H]1NC(=O)c2coc(n2)[C@H](Cc2ccccc2)NC(=O)[C@@H]2C[C@H](NC(=O)c3nnc4n3CCCCC4)CN2C(=O)c2coc(n2)[C@@H](C)NC1=O. The predicted octanol–water partition coefficient (Wildman–Crippen LogP) is 2.43. The number of carbonyl (C=O) groups excluding carboxylic acids is 5. The van der Waals surface area contributed by atoms with E-state index in [1.807, 2.05) is 48.7 Å². The Kier molecular flexibility index (Phi) is 10.6. The first-order valence-electron chi connectivity index (χ1n) is 18.4. The average molecular weight is 741 g/mol. The first-order chi connectivity index (χ1) is 26.0. The van der Waals surface area contributed by atoms with Crippen LogP contribution in [0.1, 0.15) is 120 Å². The van der Waals surface area contributed by atoms with Gasteiger partial charge >= 0.3 is 0 Å². The van der Waals surface area contributed by atoms with Gasteiger partial charge in [-0.1, -0.05) is 50.6 Å². The van der Waals surface area contributed by atoms with Crippen molar-refractivity contribution in [3.63, 3.8) is 0 Å². The van der Waals surface area contributed by atoms with Gasteiger partial charge in [-0.2, -0.15) is 0 Å². The maximum absolute atomic E-state index is 14.3. The maximum Gasteiger partial charge on any atom is 0.289 e. The molecule has 3 aliphatic rings. The molecule has 1 saturated heterocycles. The van der Waals surface area contributed by atoms with E-state index in [4.69, 9.17) is 8.83 Å². The lowest BCUT2D eigenvalue weighted by molar-refractivity contribution is -0.126. The molecule has 1 fully saturated rings. The fourth-order valence-electron chi connectivity index (χ4n) is 7.23. The van der Waals surface area contributed by atoms with Crippen LogP contribution >= 0.6 is 0 Å². The second-order valence-electron chi connectivity index (χ2n) is 14.6. The fourth-order valence-corrected chi connectivity index (χ4v) is 7.23. The minimum absolute atomic E-state index is 0.0122. The molecule has 0 saturated carbocycles. The molecule has 284 valence electrons. The molecule has 1 aromatic carbocycles. The molecule has 6 heterocycles. The average Bonchev–Trinajstić information content (AvgIpc) is 3.96. The third-order valence-electron chi connectivity index (χ3n) is 9.96. The Hall–Kier alpha value is -5.87. The smallest absolute Gasteiger partial charge is 0.289 e. The fraction of sp³-hybridized carbons (Fsp3) is 0.486. The van der Waals surface area contributed by atoms with E-state index in [9.17, 15) is 24.0 Å². The van der Waals surface area contributed by atoms with Crippen molar-refractivity contribution in [1.29, 1.82) is 0 Å². The highest BCUT2D eigenvalue weighted by Crippen LogP contribution is 2.26. The number of nitrogens with zero attached hydrogens (tertiary/aromatic N) is 6. The molecule has 4 bridgehead atoms. The Morgan fingerprint density at radius 3 is 2.46 bits per heavy atom. The van der Waals surface area contributed by atoms with Crippen LogP contribution in [0.3, 0.4) is 0 Å². The van der Waals surface area contributed by atoms with E-state index in [2.05, 4.69) is 41.4 Å². The number of aryl methyl sites for hydroxylation is 1. The van der Waals surface area contributed by atoms with E-state index in [1.165, 1.54) is 17.4 Å². The molecule has 5 amide bonds. The Morgan fingerprint density at radius 1 is 0.907 bits per heavy atom. The number of nitrogens with one attached hydrogen (secondary N) is 4. The van der Waals surface area contributed by atoms with Crippen molar-refractivity contribution in [2.24, 2.45) is 5.92 Å². The zero-order valence-electron chi connectivity index (χ0n) is 30.4. The second-order valence-corrected chi connectivity index (χ2v) is 14.6. The topological polar surface area (TPSA) is 219 Å². The van der Waals surface area contributed by atoms with E-state index in [0.29, 0.717) is 13.0 Å². The molecule has 0 unspecified atom stereocenters. The number of amides is 5. The molecule has 5 atom stereocenters. The van der Waals surface area contributed by atoms with Crippen molar-refractivity contribution in [2.75, 3.05) is 6.54 Å². The zero-order valence-corrected chi connectivity index (χ0v) is 30.4. The summed E-state index contributed by atoms with van der Waals surface area (Å²) >= 11 is 0. The van der Waals surface area contributed by atoms with Gasteiger partial charge in [0.2, 0.25) is 29.4 Å². The lowest BCUT2D eigenvalue weighted by atomic mass is 10.0. The lowest BCUT2D eigenvalue weighted by Crippen LogP contribution is -2.48. The zero-order chi connectivity index (χ0) is 37.9. The number of oxazole rings is 2. The van der Waals surface area contributed by atoms with Crippen molar-refractivity contribution < 1.29 is 32.8 Å². The van der Waals surface area contributed by atoms with Gasteiger partial charge in [-0.05, 0) is 44.1 Å². The number of carbonyl (C=O) groups is 5. The van der Waals surface area contributed by atoms with Gasteiger partial charge in [0.1, 0.15) is 42.5 Å². The van der Waals surface area contributed by atoms with Gasteiger partial charge in [-0.3, -0.25) is 24.0 Å². The largest absolute Gasteiger partial charge is 0.446 e. The van der Waals surface area contributed by atoms with E-state index in [-0.39, 0.29) is 54.3 Å². The summed E-state index contributed by atoms with van der Waals surface area (Å²) in [4.78, 5) is 79.2. The van der Waals surface area contributed by atoms with Crippen LogP contribution in [0.4, 0.5) is 0 Å². The van der Waals surface area contributed by atoms with Crippen LogP contribution in [0.25, 0.3) is 0 Å². The molecule has 7 rings (SSSR count). The summed E-state index contributed by atoms with van der Waals surface area (Å²) in [5.41, 5.74) is 0.700. The number of benzene rings is 1. The van der Waals surface area contributed by atoms with Gasteiger partial charge in [0.05, 0.1) is 0 Å². The van der Waals surface area contributed by atoms with Crippen LogP contribution in [-0.2, 0) is 29.0 Å². The second kappa shape index (κ2) is 15.6. The third kappa shape index (κ3) is 7.89. The van der Waals surface area contributed by atoms with E-state index < -0.39 is 59.7 Å². The van der Waals surface area contributed by atoms with Crippen LogP contribution in [0.2, 0.25) is 0 Å². The quantitative estimate of drug-likeness (QED) is 0.225. The number of hydrogen-bond donors (Lipinski definition) is 4. The molecule has 17 heteroatoms. The molecular formula is C37H44N10O7. The number of aromatic nitrogens is 5. The first-order valence-corrected chi connectivity index (χ1v) is 18.4. The highest BCUT2D eigenvalue weighted by atomic mass is 16.3. The number of hydrogen-bond acceptors (Lipinski definition) is 11. The van der Waals surface area contributed by atoms with Gasteiger partial charge in [-0.15, -0.1) is 10.2 Å². The summed E-state index contributed by atoms with van der Waals surface area (Å²) in [6.07, 6.45) is 6.65. The Labute approximate surface area is 311 Å². The normalized spacial score (nSPS) is 23.7. The summed E-state index contributed by atoms with van der Waals surface area (Å²) in [6, 6.07) is 5.11. The van der Waals surface area contributed by atoms with Crippen LogP contribution in [0, 0.1) is 5.92 Å². The molecule has 4 aromatic rings. The van der Waals surface area contributed by atoms with E-state index >= 15 is 0 Å². The van der Waals surface area contributed by atoms with E-state index in [1.54, 1.807) is 6.92 Å². The molecule has 17 nitrogen and oxygen atoms in total. The monoisotopic (exact) mass is 740 g/mol. The molecule has 4 N–H and O–H groups in total. The van der Waals surface area contributed by atoms with Crippen molar-refractivity contribution in [1.82, 2.24) is 50.9 Å². The highest BCUT2D eigenvalue weighted by Gasteiger charge is 2.43. The molecule has 0 spiro atoms. The van der Waals surface area contributed by atoms with Gasteiger partial charge in [-0.25, -0.2) is 9.97 Å². The maximum atomic E-state index is 14.3. The first kappa shape index (κ1) is 36.5. The Bertz CT molecular complexity index is 2020. The summed E-state index contributed by atoms with van der Waals surface area (Å²) in [5.74, 6) is -1.55. The van der Waals surface area contributed by atoms with Crippen molar-refractivity contribution in [3.8, 4) is 0 Å². The predicted molar refractivity (Wildman–Crippen MR) is 190 cm³/mol. The van der Waals surface area contributed by atoms with Crippen molar-refractivity contribution >= 4 is 29.5 Å². The summed E-state index contributed by atoms with van der Waals surface area (Å²) in [6.45, 7) is 6.11. The number of rotatable bonds is 6. The summed E-state index contributed by atoms with van der Waals surface area (Å²) in [7, 11) is 0. The molecule has 0 radical (unpaired) electrons. The Morgan fingerprint density at radius 2 is 1.67 bits per heavy atom. The molecular weight excluding hydrogens is 696 g/mol. The van der Waals surface area contributed by atoms with Gasteiger partial charge in [0.15, 0.2) is 11.4 Å². The molecule has 3 aliphatic heterocycles. The molecule has 3 aromatic heterocycles. The van der Waals surface area contributed by atoms with Crippen LogP contribution < -0.4 is 21.3 Å². The van der Waals surface area contributed by atoms with Crippen molar-refractivity contribution in [2.45, 2.75) is 102 Å². The van der Waals surface area contributed by atoms with Crippen LogP contribution in [0.5, 0.6) is 0 Å². The van der Waals surface area contributed by atoms with Gasteiger partial charge in [0, 0.05) is 32.0 Å². The summed E-state index contributed by atoms with van der Waals surface area (Å²) < 4.78 is 13.3. The summed E-state index contributed by atoms with van der Waals surface area (Å²) in [5, 5.41) is 20.0. The molecule has 54 heavy (non-hydrogen) atoms. The van der Waals surface area contributed by atoms with Gasteiger partial charge in [0.25, 0.3) is 17.7 Å². The number of fused-ring (bicyclic) bond motifs is 6. The van der Waals surface area contributed by atoms with Crippen LogP contribution in [0.15, 0.2) is 51.7 Å². The van der Waals surface area contributed by atoms with E-state index in [0.717, 1.165) is 37.1 Å². The Balaban J connectivity index is 1.21. The highest BCUT2D eigenvalue weighted by molar-refractivity contribution is 5.98. The lowest BCUT2D eigenvalue weighted by Gasteiger charge is -2.25. The van der Waals surface area contributed by atoms with Gasteiger partial charge < -0.3 is 39.6 Å². The van der Waals surface area contributed by atoms with Crippen LogP contribution in [-0.4, -0.2) is 83.8 Å². The minimum Gasteiger partial charge on any atom is -0.446 e. The standard InChI is InChI=1S/C37H44N10O7/c1-20(2)14-24-31(48)38-21(3)35-43-27(19-53-35)37(52)47-17-23(39-34(51)30-45-44-29-12-8-5-9-13-46(29)30)16-28(47)33(50)41-25(15-22-10-6-4-7-11-22)36-42-26(18-54-36)32(49)40-24/h4,6-7,10-11,18-21,23-25,28H,5,8-9,12-17H2,1-3H3,(H,38,48)(H,39,51)(H,40,49)(H,41,50)/t21-,23+,24-,25+,28+/m1/s1. The minimum atomic E-state index is -1.05. The van der Waals surface area contributed by atoms with Crippen molar-refractivity contribution in [3.05, 3.63) is 83.2 Å². The third-order valence-corrected chi connectivity index (χ3v) is 9.96. The molecule has 0 aliphatic carbocycles.